The molecule has 1 aliphatic rings. The monoisotopic (exact) mass is 309 g/mol. The molecule has 2 nitrogen and oxygen atoms in total. The molecule has 0 radical (unpaired) electrons. The predicted molar refractivity (Wildman–Crippen MR) is 96.0 cm³/mol. The first-order valence-corrected chi connectivity index (χ1v) is 8.63. The van der Waals surface area contributed by atoms with Gasteiger partial charge in [0.25, 0.3) is 0 Å². The Balaban J connectivity index is 1.70. The highest BCUT2D eigenvalue weighted by atomic mass is 16.3. The van der Waals surface area contributed by atoms with Crippen molar-refractivity contribution in [1.29, 1.82) is 0 Å². The largest absolute Gasteiger partial charge is 0.508 e. The summed E-state index contributed by atoms with van der Waals surface area (Å²) in [7, 11) is 0. The fourth-order valence-corrected chi connectivity index (χ4v) is 3.53. The predicted octanol–water partition coefficient (Wildman–Crippen LogP) is 4.16. The molecule has 23 heavy (non-hydrogen) atoms. The van der Waals surface area contributed by atoms with Crippen LogP contribution in [0.3, 0.4) is 0 Å². The van der Waals surface area contributed by atoms with Gasteiger partial charge in [0.2, 0.25) is 0 Å². The van der Waals surface area contributed by atoms with Gasteiger partial charge in [-0.3, -0.25) is 0 Å². The first-order valence-electron chi connectivity index (χ1n) is 8.63. The third kappa shape index (κ3) is 3.94. The van der Waals surface area contributed by atoms with Gasteiger partial charge in [-0.05, 0) is 60.0 Å². The third-order valence-electron chi connectivity index (χ3n) is 5.13. The first kappa shape index (κ1) is 16.1. The fourth-order valence-electron chi connectivity index (χ4n) is 3.53. The molecule has 0 aliphatic carbocycles. The number of rotatable bonds is 3. The van der Waals surface area contributed by atoms with Crippen molar-refractivity contribution in [2.24, 2.45) is 0 Å². The van der Waals surface area contributed by atoms with E-state index >= 15 is 0 Å². The molecule has 0 bridgehead atoms. The molecule has 0 unspecified atom stereocenters. The molecule has 0 amide bonds. The molecule has 2 aromatic carbocycles. The van der Waals surface area contributed by atoms with E-state index < -0.39 is 0 Å². The number of benzene rings is 2. The van der Waals surface area contributed by atoms with Gasteiger partial charge < -0.3 is 10.0 Å². The molecule has 3 rings (SSSR count). The van der Waals surface area contributed by atoms with E-state index in [1.54, 1.807) is 0 Å². The Labute approximate surface area is 139 Å². The molecule has 0 spiro atoms. The van der Waals surface area contributed by atoms with Gasteiger partial charge in [-0.15, -0.1) is 0 Å². The zero-order valence-corrected chi connectivity index (χ0v) is 14.3. The summed E-state index contributed by atoms with van der Waals surface area (Å²) in [4.78, 5) is 2.59. The number of hydrogen-bond donors (Lipinski definition) is 1. The second-order valence-electron chi connectivity index (χ2n) is 7.30. The van der Waals surface area contributed by atoms with Crippen molar-refractivity contribution in [3.05, 3.63) is 65.2 Å². The molecule has 2 aromatic rings. The van der Waals surface area contributed by atoms with Crippen LogP contribution in [-0.2, 0) is 18.3 Å². The number of hydrogen-bond acceptors (Lipinski definition) is 2. The molecule has 0 fully saturated rings. The van der Waals surface area contributed by atoms with E-state index in [0.717, 1.165) is 38.9 Å². The molecule has 1 heterocycles. The quantitative estimate of drug-likeness (QED) is 0.920. The van der Waals surface area contributed by atoms with E-state index in [2.05, 4.69) is 55.1 Å². The Morgan fingerprint density at radius 1 is 1.04 bits per heavy atom. The van der Waals surface area contributed by atoms with E-state index in [1.807, 2.05) is 12.1 Å². The van der Waals surface area contributed by atoms with E-state index in [-0.39, 0.29) is 5.41 Å². The van der Waals surface area contributed by atoms with Gasteiger partial charge in [-0.1, -0.05) is 50.2 Å². The van der Waals surface area contributed by atoms with Crippen molar-refractivity contribution in [3.8, 4) is 5.75 Å². The maximum Gasteiger partial charge on any atom is 0.115 e. The van der Waals surface area contributed by atoms with Crippen LogP contribution in [0, 0.1) is 0 Å². The lowest BCUT2D eigenvalue weighted by Crippen LogP contribution is -2.36. The maximum atomic E-state index is 9.83. The third-order valence-corrected chi connectivity index (χ3v) is 5.13. The topological polar surface area (TPSA) is 23.5 Å². The average molecular weight is 309 g/mol. The lowest BCUT2D eigenvalue weighted by atomic mass is 9.77. The molecule has 0 aromatic heterocycles. The summed E-state index contributed by atoms with van der Waals surface area (Å²) in [5, 5.41) is 9.83. The number of phenols is 1. The van der Waals surface area contributed by atoms with Crippen LogP contribution >= 0.6 is 0 Å². The van der Waals surface area contributed by atoms with Gasteiger partial charge in [-0.25, -0.2) is 0 Å². The van der Waals surface area contributed by atoms with E-state index in [0.29, 0.717) is 5.75 Å². The van der Waals surface area contributed by atoms with Crippen LogP contribution in [0.5, 0.6) is 5.75 Å². The highest BCUT2D eigenvalue weighted by Gasteiger charge is 2.27. The second kappa shape index (κ2) is 6.76. The molecular weight excluding hydrogens is 282 g/mol. The minimum atomic E-state index is 0.111. The van der Waals surface area contributed by atoms with Gasteiger partial charge in [-0.2, -0.15) is 0 Å². The van der Waals surface area contributed by atoms with Gasteiger partial charge in [0.05, 0.1) is 0 Å². The van der Waals surface area contributed by atoms with E-state index in [1.165, 1.54) is 16.7 Å². The first-order chi connectivity index (χ1) is 11.0. The van der Waals surface area contributed by atoms with E-state index in [9.17, 15) is 5.11 Å². The SMILES string of the molecule is CC1(C)CCN(CCc2ccccc2)CCc2ccc(O)cc21. The van der Waals surface area contributed by atoms with Crippen LogP contribution in [0.25, 0.3) is 0 Å². The molecule has 0 atom stereocenters. The number of aromatic hydroxyl groups is 1. The van der Waals surface area contributed by atoms with Crippen molar-refractivity contribution in [2.75, 3.05) is 19.6 Å². The minimum Gasteiger partial charge on any atom is -0.508 e. The van der Waals surface area contributed by atoms with Crippen molar-refractivity contribution in [1.82, 2.24) is 4.90 Å². The molecular formula is C21H27NO. The zero-order valence-electron chi connectivity index (χ0n) is 14.3. The van der Waals surface area contributed by atoms with Gasteiger partial charge in [0.15, 0.2) is 0 Å². The number of fused-ring (bicyclic) bond motifs is 1. The van der Waals surface area contributed by atoms with Gasteiger partial charge >= 0.3 is 0 Å². The van der Waals surface area contributed by atoms with Crippen LogP contribution in [0.1, 0.15) is 37.0 Å². The Morgan fingerprint density at radius 3 is 2.61 bits per heavy atom. The van der Waals surface area contributed by atoms with Crippen LogP contribution in [-0.4, -0.2) is 29.6 Å². The van der Waals surface area contributed by atoms with Crippen LogP contribution < -0.4 is 0 Å². The summed E-state index contributed by atoms with van der Waals surface area (Å²) in [6.45, 7) is 7.93. The maximum absolute atomic E-state index is 9.83. The van der Waals surface area contributed by atoms with Crippen molar-refractivity contribution in [2.45, 2.75) is 38.5 Å². The van der Waals surface area contributed by atoms with Crippen molar-refractivity contribution >= 4 is 0 Å². The van der Waals surface area contributed by atoms with Crippen LogP contribution in [0.15, 0.2) is 48.5 Å². The summed E-state index contributed by atoms with van der Waals surface area (Å²) in [6, 6.07) is 16.6. The van der Waals surface area contributed by atoms with E-state index in [4.69, 9.17) is 0 Å². The van der Waals surface area contributed by atoms with Crippen LogP contribution in [0.2, 0.25) is 0 Å². The molecule has 2 heteroatoms. The summed E-state index contributed by atoms with van der Waals surface area (Å²) >= 11 is 0. The van der Waals surface area contributed by atoms with Crippen molar-refractivity contribution < 1.29 is 5.11 Å². The highest BCUT2D eigenvalue weighted by molar-refractivity contribution is 5.40. The second-order valence-corrected chi connectivity index (χ2v) is 7.30. The van der Waals surface area contributed by atoms with Crippen LogP contribution in [0.4, 0.5) is 0 Å². The lowest BCUT2D eigenvalue weighted by Gasteiger charge is -2.35. The van der Waals surface area contributed by atoms with Gasteiger partial charge in [0.1, 0.15) is 5.75 Å². The molecule has 1 aliphatic heterocycles. The Morgan fingerprint density at radius 2 is 1.83 bits per heavy atom. The summed E-state index contributed by atoms with van der Waals surface area (Å²) < 4.78 is 0. The zero-order chi connectivity index (χ0) is 16.3. The Bertz CT molecular complexity index is 648. The Hall–Kier alpha value is -1.80. The summed E-state index contributed by atoms with van der Waals surface area (Å²) in [5.41, 5.74) is 4.23. The standard InChI is InChI=1S/C21H27NO/c1-21(2)12-15-22(13-10-17-6-4-3-5-7-17)14-11-18-8-9-19(23)16-20(18)21/h3-9,16,23H,10-15H2,1-2H3. The fraction of sp³-hybridized carbons (Fsp3) is 0.429. The smallest absolute Gasteiger partial charge is 0.115 e. The average Bonchev–Trinajstić information content (AvgIpc) is 2.55. The summed E-state index contributed by atoms with van der Waals surface area (Å²) in [6.07, 6.45) is 3.30. The van der Waals surface area contributed by atoms with Crippen molar-refractivity contribution in [3.63, 3.8) is 0 Å². The lowest BCUT2D eigenvalue weighted by molar-refractivity contribution is 0.243. The number of nitrogens with zero attached hydrogens (tertiary/aromatic N) is 1. The summed E-state index contributed by atoms with van der Waals surface area (Å²) in [5.74, 6) is 0.387. The molecule has 0 saturated heterocycles. The molecule has 1 N–H and O–H groups in total. The molecule has 122 valence electrons. The minimum absolute atomic E-state index is 0.111. The highest BCUT2D eigenvalue weighted by Crippen LogP contribution is 2.34. The van der Waals surface area contributed by atoms with Gasteiger partial charge in [0, 0.05) is 13.1 Å². The molecule has 0 saturated carbocycles. The normalized spacial score (nSPS) is 18.0. The number of phenolic OH excluding ortho intramolecular Hbond substituents is 1. The Kier molecular flexibility index (Phi) is 4.72.